The number of rotatable bonds is 6. The second-order valence-corrected chi connectivity index (χ2v) is 8.79. The van der Waals surface area contributed by atoms with Gasteiger partial charge in [0, 0.05) is 5.39 Å². The van der Waals surface area contributed by atoms with E-state index in [9.17, 15) is 4.79 Å². The molecule has 0 bridgehead atoms. The molecule has 0 spiro atoms. The van der Waals surface area contributed by atoms with Crippen LogP contribution in [0.3, 0.4) is 0 Å². The predicted octanol–water partition coefficient (Wildman–Crippen LogP) is 7.26. The second-order valence-electron chi connectivity index (χ2n) is 7.97. The van der Waals surface area contributed by atoms with Crippen molar-refractivity contribution in [3.8, 4) is 5.75 Å². The van der Waals surface area contributed by atoms with E-state index in [2.05, 4.69) is 6.08 Å². The molecule has 0 fully saturated rings. The molecule has 0 radical (unpaired) electrons. The molecule has 1 aliphatic rings. The Hall–Kier alpha value is -3.34. The summed E-state index contributed by atoms with van der Waals surface area (Å²) < 4.78 is 11.3. The van der Waals surface area contributed by atoms with E-state index in [0.717, 1.165) is 45.5 Å². The van der Waals surface area contributed by atoms with Crippen LogP contribution in [0.4, 0.5) is 0 Å². The standard InChI is InChI=1S/C28H21Cl2NO3/c29-23-13-10-18(17-24(23)30)16-19-11-12-22-26(21-8-4-5-9-25(21)31-27(19)22)28(32)34-15-14-33-20-6-2-1-3-7-20/h1-10,13,16-17H,11-12,14-15H2. The first-order chi connectivity index (χ1) is 16.6. The van der Waals surface area contributed by atoms with E-state index >= 15 is 0 Å². The number of para-hydroxylation sites is 2. The third-order valence-corrected chi connectivity index (χ3v) is 6.50. The zero-order chi connectivity index (χ0) is 23.5. The number of pyridine rings is 1. The van der Waals surface area contributed by atoms with Crippen molar-refractivity contribution in [2.75, 3.05) is 13.2 Å². The normalized spacial score (nSPS) is 13.8. The molecular formula is C28H21Cl2NO3. The van der Waals surface area contributed by atoms with Crippen molar-refractivity contribution in [3.63, 3.8) is 0 Å². The number of hydrogen-bond acceptors (Lipinski definition) is 4. The Morgan fingerprint density at radius 1 is 0.912 bits per heavy atom. The Kier molecular flexibility index (Phi) is 6.52. The van der Waals surface area contributed by atoms with Gasteiger partial charge in [0.2, 0.25) is 0 Å². The fraction of sp³-hybridized carbons (Fsp3) is 0.143. The molecule has 0 unspecified atom stereocenters. The summed E-state index contributed by atoms with van der Waals surface area (Å²) in [6.07, 6.45) is 3.54. The van der Waals surface area contributed by atoms with Crippen molar-refractivity contribution in [1.29, 1.82) is 0 Å². The van der Waals surface area contributed by atoms with Gasteiger partial charge in [-0.15, -0.1) is 0 Å². The number of esters is 1. The predicted molar refractivity (Wildman–Crippen MR) is 137 cm³/mol. The number of aromatic nitrogens is 1. The molecule has 4 nitrogen and oxygen atoms in total. The van der Waals surface area contributed by atoms with E-state index in [-0.39, 0.29) is 19.2 Å². The average molecular weight is 490 g/mol. The molecule has 0 N–H and O–H groups in total. The molecule has 1 aromatic heterocycles. The summed E-state index contributed by atoms with van der Waals surface area (Å²) in [6.45, 7) is 0.439. The Morgan fingerprint density at radius 3 is 2.53 bits per heavy atom. The van der Waals surface area contributed by atoms with E-state index in [1.807, 2.05) is 66.7 Å². The molecule has 5 rings (SSSR count). The molecule has 0 amide bonds. The zero-order valence-corrected chi connectivity index (χ0v) is 19.8. The van der Waals surface area contributed by atoms with Gasteiger partial charge in [-0.25, -0.2) is 9.78 Å². The van der Waals surface area contributed by atoms with Gasteiger partial charge in [-0.05, 0) is 65.9 Å². The molecule has 0 aliphatic heterocycles. The van der Waals surface area contributed by atoms with E-state index in [4.69, 9.17) is 37.7 Å². The second kappa shape index (κ2) is 9.88. The molecule has 1 heterocycles. The summed E-state index contributed by atoms with van der Waals surface area (Å²) in [4.78, 5) is 18.1. The van der Waals surface area contributed by atoms with Crippen molar-refractivity contribution in [2.24, 2.45) is 0 Å². The van der Waals surface area contributed by atoms with Crippen LogP contribution in [0.25, 0.3) is 22.6 Å². The Labute approximate surface area is 207 Å². The summed E-state index contributed by atoms with van der Waals surface area (Å²) in [5.41, 5.74) is 5.08. The lowest BCUT2D eigenvalue weighted by atomic mass is 10.0. The van der Waals surface area contributed by atoms with Crippen molar-refractivity contribution >= 4 is 51.7 Å². The molecule has 3 aromatic carbocycles. The first kappa shape index (κ1) is 22.5. The van der Waals surface area contributed by atoms with Crippen LogP contribution < -0.4 is 4.74 Å². The van der Waals surface area contributed by atoms with Gasteiger partial charge in [-0.3, -0.25) is 0 Å². The number of allylic oxidation sites excluding steroid dienone is 1. The SMILES string of the molecule is O=C(OCCOc1ccccc1)c1c2c(nc3ccccc13)C(=Cc1ccc(Cl)c(Cl)c1)CC2. The minimum absolute atomic E-state index is 0.158. The molecule has 34 heavy (non-hydrogen) atoms. The van der Waals surface area contributed by atoms with Crippen LogP contribution in [-0.2, 0) is 11.2 Å². The first-order valence-corrected chi connectivity index (χ1v) is 11.8. The van der Waals surface area contributed by atoms with Gasteiger partial charge in [0.05, 0.1) is 26.8 Å². The molecule has 0 saturated heterocycles. The summed E-state index contributed by atoms with van der Waals surface area (Å²) in [6, 6.07) is 22.6. The van der Waals surface area contributed by atoms with Crippen molar-refractivity contribution in [2.45, 2.75) is 12.8 Å². The summed E-state index contributed by atoms with van der Waals surface area (Å²) >= 11 is 12.3. The number of fused-ring (bicyclic) bond motifs is 2. The third kappa shape index (κ3) is 4.65. The highest BCUT2D eigenvalue weighted by Gasteiger charge is 2.27. The Morgan fingerprint density at radius 2 is 1.71 bits per heavy atom. The number of benzene rings is 3. The lowest BCUT2D eigenvalue weighted by Gasteiger charge is -2.13. The number of ether oxygens (including phenoxy) is 2. The largest absolute Gasteiger partial charge is 0.490 e. The van der Waals surface area contributed by atoms with Crippen molar-refractivity contribution in [3.05, 3.63) is 105 Å². The van der Waals surface area contributed by atoms with Crippen LogP contribution in [0.15, 0.2) is 72.8 Å². The number of hydrogen-bond donors (Lipinski definition) is 0. The van der Waals surface area contributed by atoms with Gasteiger partial charge in [0.25, 0.3) is 0 Å². The number of carbonyl (C=O) groups is 1. The van der Waals surface area contributed by atoms with Crippen LogP contribution in [-0.4, -0.2) is 24.2 Å². The number of nitrogens with zero attached hydrogens (tertiary/aromatic N) is 1. The highest BCUT2D eigenvalue weighted by atomic mass is 35.5. The Bertz CT molecular complexity index is 1400. The average Bonchev–Trinajstić information content (AvgIpc) is 3.25. The van der Waals surface area contributed by atoms with Gasteiger partial charge in [0.15, 0.2) is 0 Å². The molecule has 4 aromatic rings. The van der Waals surface area contributed by atoms with E-state index < -0.39 is 0 Å². The van der Waals surface area contributed by atoms with Crippen LogP contribution in [0.5, 0.6) is 5.75 Å². The van der Waals surface area contributed by atoms with E-state index in [1.54, 1.807) is 6.07 Å². The molecule has 0 atom stereocenters. The summed E-state index contributed by atoms with van der Waals surface area (Å²) in [5, 5.41) is 1.81. The van der Waals surface area contributed by atoms with Gasteiger partial charge < -0.3 is 9.47 Å². The number of halogens is 2. The van der Waals surface area contributed by atoms with E-state index in [0.29, 0.717) is 22.0 Å². The molecular weight excluding hydrogens is 469 g/mol. The minimum atomic E-state index is -0.359. The van der Waals surface area contributed by atoms with Crippen LogP contribution in [0.2, 0.25) is 10.0 Å². The van der Waals surface area contributed by atoms with Crippen molar-refractivity contribution < 1.29 is 14.3 Å². The highest BCUT2D eigenvalue weighted by molar-refractivity contribution is 6.42. The topological polar surface area (TPSA) is 48.4 Å². The molecule has 0 saturated carbocycles. The highest BCUT2D eigenvalue weighted by Crippen LogP contribution is 2.38. The lowest BCUT2D eigenvalue weighted by Crippen LogP contribution is -2.15. The fourth-order valence-corrected chi connectivity index (χ4v) is 4.50. The van der Waals surface area contributed by atoms with Crippen LogP contribution in [0.1, 0.15) is 33.6 Å². The maximum absolute atomic E-state index is 13.2. The minimum Gasteiger partial charge on any atom is -0.490 e. The number of carbonyl (C=O) groups excluding carboxylic acids is 1. The van der Waals surface area contributed by atoms with Gasteiger partial charge in [-0.2, -0.15) is 0 Å². The molecule has 6 heteroatoms. The van der Waals surface area contributed by atoms with Crippen molar-refractivity contribution in [1.82, 2.24) is 4.98 Å². The van der Waals surface area contributed by atoms with Crippen LogP contribution in [0, 0.1) is 0 Å². The lowest BCUT2D eigenvalue weighted by molar-refractivity contribution is 0.0451. The summed E-state index contributed by atoms with van der Waals surface area (Å²) in [5.74, 6) is 0.383. The monoisotopic (exact) mass is 489 g/mol. The van der Waals surface area contributed by atoms with Gasteiger partial charge in [0.1, 0.15) is 19.0 Å². The summed E-state index contributed by atoms with van der Waals surface area (Å²) in [7, 11) is 0. The smallest absolute Gasteiger partial charge is 0.339 e. The maximum Gasteiger partial charge on any atom is 0.339 e. The third-order valence-electron chi connectivity index (χ3n) is 5.76. The zero-order valence-electron chi connectivity index (χ0n) is 18.3. The fourth-order valence-electron chi connectivity index (χ4n) is 4.20. The van der Waals surface area contributed by atoms with Gasteiger partial charge >= 0.3 is 5.97 Å². The first-order valence-electron chi connectivity index (χ1n) is 11.0. The Balaban J connectivity index is 1.43. The van der Waals surface area contributed by atoms with Crippen LogP contribution >= 0.6 is 23.2 Å². The maximum atomic E-state index is 13.2. The van der Waals surface area contributed by atoms with E-state index in [1.165, 1.54) is 0 Å². The molecule has 170 valence electrons. The molecule has 1 aliphatic carbocycles. The van der Waals surface area contributed by atoms with Gasteiger partial charge in [-0.1, -0.05) is 65.7 Å². The quantitative estimate of drug-likeness (QED) is 0.211.